The second-order valence-electron chi connectivity index (χ2n) is 16.0. The van der Waals surface area contributed by atoms with Crippen LogP contribution in [0.5, 0.6) is 0 Å². The second-order valence-corrected chi connectivity index (χ2v) is 16.0. The summed E-state index contributed by atoms with van der Waals surface area (Å²) >= 11 is 0. The number of nitrogens with one attached hydrogen (secondary N) is 2. The van der Waals surface area contributed by atoms with Gasteiger partial charge in [-0.1, -0.05) is 71.4 Å². The predicted octanol–water partition coefficient (Wildman–Crippen LogP) is 4.73. The van der Waals surface area contributed by atoms with E-state index in [0.29, 0.717) is 19.5 Å². The predicted molar refractivity (Wildman–Crippen MR) is 195 cm³/mol. The molecule has 10 nitrogen and oxygen atoms in total. The van der Waals surface area contributed by atoms with Gasteiger partial charge in [-0.3, -0.25) is 29.0 Å². The maximum Gasteiger partial charge on any atom is 0.247 e. The molecule has 0 saturated carbocycles. The molecule has 268 valence electrons. The van der Waals surface area contributed by atoms with Gasteiger partial charge in [-0.15, -0.1) is 0 Å². The molecule has 3 aliphatic rings. The van der Waals surface area contributed by atoms with Crippen molar-refractivity contribution in [3.63, 3.8) is 0 Å². The summed E-state index contributed by atoms with van der Waals surface area (Å²) in [6, 6.07) is 12.0. The first-order valence-corrected chi connectivity index (χ1v) is 18.4. The molecule has 3 aliphatic heterocycles. The molecule has 4 amide bonds. The molecule has 3 heterocycles. The molecule has 2 aromatic carbocycles. The average Bonchev–Trinajstić information content (AvgIpc) is 3.75. The van der Waals surface area contributed by atoms with Crippen molar-refractivity contribution in [3.8, 4) is 0 Å². The number of rotatable bonds is 10. The Balaban J connectivity index is 1.25. The molecule has 0 aliphatic carbocycles. The molecule has 0 bridgehead atoms. The van der Waals surface area contributed by atoms with Crippen LogP contribution >= 0.6 is 0 Å². The highest BCUT2D eigenvalue weighted by Gasteiger charge is 2.43. The van der Waals surface area contributed by atoms with E-state index in [0.717, 1.165) is 68.1 Å². The van der Waals surface area contributed by atoms with Crippen LogP contribution in [0.3, 0.4) is 0 Å². The molecule has 2 N–H and O–H groups in total. The summed E-state index contributed by atoms with van der Waals surface area (Å²) in [6.45, 7) is 13.0. The summed E-state index contributed by atoms with van der Waals surface area (Å²) in [7, 11) is 3.82. The lowest BCUT2D eigenvalue weighted by molar-refractivity contribution is -0.143. The highest BCUT2D eigenvalue weighted by Crippen LogP contribution is 2.29. The van der Waals surface area contributed by atoms with E-state index in [2.05, 4.69) is 34.3 Å². The second kappa shape index (κ2) is 15.6. The molecule has 49 heavy (non-hydrogen) atoms. The summed E-state index contributed by atoms with van der Waals surface area (Å²) in [5, 5.41) is 8.38. The van der Waals surface area contributed by atoms with Crippen molar-refractivity contribution >= 4 is 40.1 Å². The van der Waals surface area contributed by atoms with Crippen molar-refractivity contribution in [3.05, 3.63) is 42.5 Å². The van der Waals surface area contributed by atoms with Crippen LogP contribution in [-0.2, 0) is 19.2 Å². The number of piperidine rings is 1. The molecular formula is C39H58N6O4. The summed E-state index contributed by atoms with van der Waals surface area (Å²) in [6.07, 6.45) is 5.93. The minimum absolute atomic E-state index is 0.00146. The standard InChI is InChI=1S/C39H58N6O4/c1-26(2)33(43(7)38(49)34(39(3,4)5)41-35(46)30-16-10-11-21-42(30)6)25-44-22-12-18-32(44)37(48)45-23-13-17-31(45)36(47)40-29-20-19-27-14-8-9-15-28(27)24-29/h8-9,14-15,19-20,24,26,30-34H,10-13,16-18,21-23,25H2,1-7H3,(H,40,47)(H,41,46)/t30-,31?,32+,33-,34-/m1/s1. The number of amides is 4. The molecule has 10 heteroatoms. The maximum absolute atomic E-state index is 14.2. The third-order valence-electron chi connectivity index (χ3n) is 11.0. The first-order chi connectivity index (χ1) is 23.3. The van der Waals surface area contributed by atoms with Gasteiger partial charge in [0.25, 0.3) is 0 Å². The zero-order valence-electron chi connectivity index (χ0n) is 30.7. The molecule has 1 unspecified atom stereocenters. The van der Waals surface area contributed by atoms with Gasteiger partial charge in [-0.05, 0) is 92.9 Å². The van der Waals surface area contributed by atoms with Crippen molar-refractivity contribution in [2.75, 3.05) is 45.6 Å². The number of carbonyl (C=O) groups excluding carboxylic acids is 4. The van der Waals surface area contributed by atoms with Crippen molar-refractivity contribution in [2.45, 2.75) is 110 Å². The fraction of sp³-hybridized carbons (Fsp3) is 0.641. The lowest BCUT2D eigenvalue weighted by Crippen LogP contribution is -2.61. The van der Waals surface area contributed by atoms with Crippen LogP contribution < -0.4 is 10.6 Å². The minimum atomic E-state index is -0.677. The third kappa shape index (κ3) is 8.46. The van der Waals surface area contributed by atoms with Gasteiger partial charge in [0.1, 0.15) is 12.1 Å². The quantitative estimate of drug-likeness (QED) is 0.378. The lowest BCUT2D eigenvalue weighted by atomic mass is 9.84. The van der Waals surface area contributed by atoms with E-state index >= 15 is 0 Å². The topological polar surface area (TPSA) is 105 Å². The highest BCUT2D eigenvalue weighted by molar-refractivity contribution is 6.00. The van der Waals surface area contributed by atoms with Crippen LogP contribution in [0.25, 0.3) is 10.8 Å². The van der Waals surface area contributed by atoms with E-state index in [9.17, 15) is 19.2 Å². The normalized spacial score (nSPS) is 23.4. The largest absolute Gasteiger partial charge is 0.342 e. The molecule has 3 fully saturated rings. The zero-order chi connectivity index (χ0) is 35.5. The van der Waals surface area contributed by atoms with Crippen molar-refractivity contribution in [2.24, 2.45) is 11.3 Å². The Bertz CT molecular complexity index is 1500. The Morgan fingerprint density at radius 3 is 2.20 bits per heavy atom. The number of nitrogens with zero attached hydrogens (tertiary/aromatic N) is 4. The maximum atomic E-state index is 14.2. The number of benzene rings is 2. The molecule has 5 rings (SSSR count). The van der Waals surface area contributed by atoms with Crippen LogP contribution in [0.2, 0.25) is 0 Å². The Labute approximate surface area is 292 Å². The number of likely N-dealkylation sites (tertiary alicyclic amines) is 3. The fourth-order valence-corrected chi connectivity index (χ4v) is 7.99. The monoisotopic (exact) mass is 674 g/mol. The summed E-state index contributed by atoms with van der Waals surface area (Å²) in [4.78, 5) is 63.3. The van der Waals surface area contributed by atoms with Gasteiger partial charge in [-0.25, -0.2) is 0 Å². The summed E-state index contributed by atoms with van der Waals surface area (Å²) in [5.74, 6) is -0.212. The van der Waals surface area contributed by atoms with Gasteiger partial charge < -0.3 is 20.4 Å². The first-order valence-electron chi connectivity index (χ1n) is 18.4. The molecule has 0 aromatic heterocycles. The van der Waals surface area contributed by atoms with Crippen LogP contribution in [0.1, 0.15) is 79.6 Å². The van der Waals surface area contributed by atoms with Crippen LogP contribution in [0.15, 0.2) is 42.5 Å². The van der Waals surface area contributed by atoms with Crippen LogP contribution in [-0.4, -0.2) is 114 Å². The third-order valence-corrected chi connectivity index (χ3v) is 11.0. The van der Waals surface area contributed by atoms with Gasteiger partial charge in [0, 0.05) is 31.9 Å². The number of hydrogen-bond acceptors (Lipinski definition) is 6. The molecule has 2 aromatic rings. The number of hydrogen-bond donors (Lipinski definition) is 2. The van der Waals surface area contributed by atoms with E-state index in [-0.39, 0.29) is 47.7 Å². The van der Waals surface area contributed by atoms with Gasteiger partial charge in [0.15, 0.2) is 0 Å². The Morgan fingerprint density at radius 1 is 0.837 bits per heavy atom. The molecular weight excluding hydrogens is 616 g/mol. The van der Waals surface area contributed by atoms with Crippen molar-refractivity contribution in [1.82, 2.24) is 24.9 Å². The highest BCUT2D eigenvalue weighted by atomic mass is 16.2. The summed E-state index contributed by atoms with van der Waals surface area (Å²) in [5.41, 5.74) is 0.244. The summed E-state index contributed by atoms with van der Waals surface area (Å²) < 4.78 is 0. The smallest absolute Gasteiger partial charge is 0.247 e. The van der Waals surface area contributed by atoms with E-state index < -0.39 is 17.5 Å². The Kier molecular flexibility index (Phi) is 11.7. The lowest BCUT2D eigenvalue weighted by Gasteiger charge is -2.41. The average molecular weight is 675 g/mol. The van der Waals surface area contributed by atoms with Gasteiger partial charge in [0.2, 0.25) is 23.6 Å². The van der Waals surface area contributed by atoms with Gasteiger partial charge >= 0.3 is 0 Å². The molecule has 0 spiro atoms. The van der Waals surface area contributed by atoms with Gasteiger partial charge in [-0.2, -0.15) is 0 Å². The minimum Gasteiger partial charge on any atom is -0.342 e. The van der Waals surface area contributed by atoms with Crippen molar-refractivity contribution < 1.29 is 19.2 Å². The van der Waals surface area contributed by atoms with Crippen LogP contribution in [0.4, 0.5) is 5.69 Å². The van der Waals surface area contributed by atoms with Crippen LogP contribution in [0, 0.1) is 11.3 Å². The molecule has 3 saturated heterocycles. The first kappa shape index (κ1) is 36.8. The number of carbonyl (C=O) groups is 4. The molecule has 5 atom stereocenters. The molecule has 0 radical (unpaired) electrons. The number of likely N-dealkylation sites (N-methyl/N-ethyl adjacent to an activating group) is 2. The van der Waals surface area contributed by atoms with E-state index in [1.807, 2.05) is 77.3 Å². The zero-order valence-corrected chi connectivity index (χ0v) is 30.7. The van der Waals surface area contributed by atoms with E-state index in [4.69, 9.17) is 0 Å². The SMILES string of the molecule is CC(C)[C@@H](CN1CCC[C@H]1C(=O)N1CCCC1C(=O)Nc1ccc2ccccc2c1)N(C)C(=O)[C@@H](NC(=O)[C@H]1CCCCN1C)C(C)(C)C. The fourth-order valence-electron chi connectivity index (χ4n) is 7.99. The number of fused-ring (bicyclic) bond motifs is 1. The Hall–Kier alpha value is -3.50. The van der Waals surface area contributed by atoms with Gasteiger partial charge in [0.05, 0.1) is 12.1 Å². The van der Waals surface area contributed by atoms with E-state index in [1.165, 1.54) is 0 Å². The number of anilines is 1. The van der Waals surface area contributed by atoms with E-state index in [1.54, 1.807) is 9.80 Å². The Morgan fingerprint density at radius 2 is 1.51 bits per heavy atom. The van der Waals surface area contributed by atoms with Crippen molar-refractivity contribution in [1.29, 1.82) is 0 Å².